The van der Waals surface area contributed by atoms with E-state index >= 15 is 0 Å². The minimum atomic E-state index is -4.29. The lowest BCUT2D eigenvalue weighted by Crippen LogP contribution is -2.50. The predicted molar refractivity (Wildman–Crippen MR) is 123 cm³/mol. The third-order valence-corrected chi connectivity index (χ3v) is 8.65. The van der Waals surface area contributed by atoms with Gasteiger partial charge in [-0.25, -0.2) is 23.4 Å². The Morgan fingerprint density at radius 1 is 1.15 bits per heavy atom. The van der Waals surface area contributed by atoms with Crippen LogP contribution in [0.5, 0.6) is 0 Å². The molecule has 1 saturated heterocycles. The molecule has 184 valence electrons. The lowest BCUT2D eigenvalue weighted by Gasteiger charge is -2.41. The molecule has 7 nitrogen and oxygen atoms in total. The third kappa shape index (κ3) is 4.39. The molecule has 34 heavy (non-hydrogen) atoms. The van der Waals surface area contributed by atoms with Crippen LogP contribution in [0.15, 0.2) is 18.5 Å². The van der Waals surface area contributed by atoms with Gasteiger partial charge in [0.25, 0.3) is 0 Å². The summed E-state index contributed by atoms with van der Waals surface area (Å²) in [6, 6.07) is 1.96. The summed E-state index contributed by atoms with van der Waals surface area (Å²) in [5.74, 6) is -0.834. The van der Waals surface area contributed by atoms with Gasteiger partial charge in [-0.05, 0) is 64.0 Å². The summed E-state index contributed by atoms with van der Waals surface area (Å²) in [6.45, 7) is 2.02. The quantitative estimate of drug-likeness (QED) is 0.525. The van der Waals surface area contributed by atoms with Crippen LogP contribution in [0.3, 0.4) is 0 Å². The highest BCUT2D eigenvalue weighted by atomic mass is 32.2. The highest BCUT2D eigenvalue weighted by Gasteiger charge is 2.45. The fraction of sp³-hybridized carbons (Fsp3) is 0.609. The SMILES string of the molecule is Cc1nc(C2CCC(C(N3CCCC(C(F)(F)F)C3)[SH](=O)=O)CC2)c2c(cnc3[nH]ccc32)n1. The zero-order valence-corrected chi connectivity index (χ0v) is 19.8. The summed E-state index contributed by atoms with van der Waals surface area (Å²) < 4.78 is 64.4. The van der Waals surface area contributed by atoms with Crippen LogP contribution in [0.1, 0.15) is 56.0 Å². The summed E-state index contributed by atoms with van der Waals surface area (Å²) in [6.07, 6.45) is 2.46. The maximum absolute atomic E-state index is 13.3. The van der Waals surface area contributed by atoms with E-state index in [1.165, 1.54) is 0 Å². The Bertz CT molecular complexity index is 1260. The molecule has 0 spiro atoms. The number of piperidine rings is 1. The molecule has 2 aliphatic rings. The summed E-state index contributed by atoms with van der Waals surface area (Å²) >= 11 is 0. The molecule has 1 saturated carbocycles. The fourth-order valence-electron chi connectivity index (χ4n) is 5.88. The third-order valence-electron chi connectivity index (χ3n) is 7.47. The number of rotatable bonds is 4. The molecule has 0 radical (unpaired) electrons. The van der Waals surface area contributed by atoms with Crippen molar-refractivity contribution in [3.8, 4) is 0 Å². The Labute approximate surface area is 197 Å². The van der Waals surface area contributed by atoms with Gasteiger partial charge < -0.3 is 4.98 Å². The van der Waals surface area contributed by atoms with Crippen LogP contribution in [0.2, 0.25) is 0 Å². The molecule has 5 rings (SSSR count). The van der Waals surface area contributed by atoms with E-state index < -0.39 is 28.2 Å². The van der Waals surface area contributed by atoms with Gasteiger partial charge >= 0.3 is 6.18 Å². The molecule has 0 bridgehead atoms. The van der Waals surface area contributed by atoms with Crippen molar-refractivity contribution in [3.05, 3.63) is 30.0 Å². The Hall–Kier alpha value is -2.27. The molecular weight excluding hydrogens is 467 g/mol. The Kier molecular flexibility index (Phi) is 6.26. The standard InChI is InChI=1S/C23H28F3N5O2S/c1-13-29-18-11-28-21-17(8-9-27-21)19(18)20(30-13)14-4-6-15(7-5-14)22(34(32)33)31-10-2-3-16(12-31)23(24,25)26/h8-9,11,14-16,22,34H,2-7,10,12H2,1H3,(H,27,28). The topological polar surface area (TPSA) is 91.8 Å². The number of nitrogens with zero attached hydrogens (tertiary/aromatic N) is 4. The summed E-state index contributed by atoms with van der Waals surface area (Å²) in [5.41, 5.74) is 2.50. The number of H-pyrrole nitrogens is 1. The molecule has 11 heteroatoms. The van der Waals surface area contributed by atoms with Gasteiger partial charge in [0.2, 0.25) is 0 Å². The average Bonchev–Trinajstić information content (AvgIpc) is 3.27. The first kappa shape index (κ1) is 23.5. The molecule has 0 aromatic carbocycles. The molecule has 2 fully saturated rings. The number of hydrogen-bond donors (Lipinski definition) is 2. The second-order valence-electron chi connectivity index (χ2n) is 9.60. The second-order valence-corrected chi connectivity index (χ2v) is 10.7. The fourth-order valence-corrected chi connectivity index (χ4v) is 7.00. The van der Waals surface area contributed by atoms with E-state index in [4.69, 9.17) is 4.98 Å². The average molecular weight is 496 g/mol. The van der Waals surface area contributed by atoms with Crippen LogP contribution in [0.25, 0.3) is 21.9 Å². The van der Waals surface area contributed by atoms with Gasteiger partial charge in [-0.2, -0.15) is 13.2 Å². The highest BCUT2D eigenvalue weighted by Crippen LogP contribution is 2.42. The first-order valence-corrected chi connectivity index (χ1v) is 13.0. The Morgan fingerprint density at radius 3 is 2.62 bits per heavy atom. The Morgan fingerprint density at radius 2 is 1.91 bits per heavy atom. The number of aromatic amines is 1. The van der Waals surface area contributed by atoms with Crippen LogP contribution in [-0.4, -0.2) is 57.9 Å². The van der Waals surface area contributed by atoms with E-state index in [1.807, 2.05) is 19.2 Å². The van der Waals surface area contributed by atoms with Gasteiger partial charge in [0.05, 0.1) is 23.3 Å². The van der Waals surface area contributed by atoms with Crippen LogP contribution < -0.4 is 0 Å². The number of nitrogens with one attached hydrogen (secondary N) is 1. The maximum Gasteiger partial charge on any atom is 0.393 e. The van der Waals surface area contributed by atoms with E-state index in [-0.39, 0.29) is 24.8 Å². The molecule has 1 aliphatic carbocycles. The molecule has 0 amide bonds. The van der Waals surface area contributed by atoms with E-state index in [1.54, 1.807) is 11.1 Å². The van der Waals surface area contributed by atoms with Crippen LogP contribution in [0.4, 0.5) is 13.2 Å². The van der Waals surface area contributed by atoms with Crippen molar-refractivity contribution < 1.29 is 21.6 Å². The van der Waals surface area contributed by atoms with Gasteiger partial charge in [-0.3, -0.25) is 4.90 Å². The molecule has 2 atom stereocenters. The van der Waals surface area contributed by atoms with Crippen molar-refractivity contribution in [3.63, 3.8) is 0 Å². The smallest absolute Gasteiger partial charge is 0.346 e. The molecule has 3 aromatic heterocycles. The molecule has 1 N–H and O–H groups in total. The largest absolute Gasteiger partial charge is 0.393 e. The van der Waals surface area contributed by atoms with Crippen molar-refractivity contribution in [1.29, 1.82) is 0 Å². The molecule has 1 aliphatic heterocycles. The zero-order chi connectivity index (χ0) is 24.0. The summed E-state index contributed by atoms with van der Waals surface area (Å²) in [7, 11) is -2.86. The van der Waals surface area contributed by atoms with E-state index in [9.17, 15) is 21.6 Å². The van der Waals surface area contributed by atoms with Gasteiger partial charge in [0.1, 0.15) is 16.8 Å². The maximum atomic E-state index is 13.3. The molecule has 2 unspecified atom stereocenters. The van der Waals surface area contributed by atoms with Crippen molar-refractivity contribution in [2.75, 3.05) is 13.1 Å². The number of hydrogen-bond acceptors (Lipinski definition) is 6. The van der Waals surface area contributed by atoms with Crippen molar-refractivity contribution in [2.24, 2.45) is 11.8 Å². The monoisotopic (exact) mass is 495 g/mol. The lowest BCUT2D eigenvalue weighted by atomic mass is 9.78. The van der Waals surface area contributed by atoms with Crippen molar-refractivity contribution >= 4 is 32.6 Å². The molecular formula is C23H28F3N5O2S. The number of fused-ring (bicyclic) bond motifs is 3. The number of halogens is 3. The van der Waals surface area contributed by atoms with Gasteiger partial charge in [0.15, 0.2) is 10.7 Å². The Balaban J connectivity index is 1.38. The first-order valence-electron chi connectivity index (χ1n) is 11.8. The lowest BCUT2D eigenvalue weighted by molar-refractivity contribution is -0.188. The number of likely N-dealkylation sites (tertiary alicyclic amines) is 1. The zero-order valence-electron chi connectivity index (χ0n) is 18.9. The summed E-state index contributed by atoms with van der Waals surface area (Å²) in [4.78, 5) is 18.4. The van der Waals surface area contributed by atoms with Gasteiger partial charge in [-0.15, -0.1) is 0 Å². The van der Waals surface area contributed by atoms with E-state index in [0.29, 0.717) is 31.6 Å². The van der Waals surface area contributed by atoms with E-state index in [0.717, 1.165) is 40.5 Å². The second kappa shape index (κ2) is 9.07. The molecule has 3 aromatic rings. The summed E-state index contributed by atoms with van der Waals surface area (Å²) in [5, 5.41) is 1.09. The molecule has 4 heterocycles. The number of pyridine rings is 1. The van der Waals surface area contributed by atoms with Crippen LogP contribution >= 0.6 is 0 Å². The number of aryl methyl sites for hydroxylation is 1. The highest BCUT2D eigenvalue weighted by molar-refractivity contribution is 7.73. The first-order chi connectivity index (χ1) is 16.2. The normalized spacial score (nSPS) is 25.9. The number of alkyl halides is 3. The van der Waals surface area contributed by atoms with E-state index in [2.05, 4.69) is 15.0 Å². The van der Waals surface area contributed by atoms with Crippen LogP contribution in [-0.2, 0) is 10.7 Å². The van der Waals surface area contributed by atoms with Gasteiger partial charge in [-0.1, -0.05) is 0 Å². The van der Waals surface area contributed by atoms with Gasteiger partial charge in [0, 0.05) is 29.4 Å². The number of aromatic nitrogens is 4. The minimum Gasteiger partial charge on any atom is -0.346 e. The van der Waals surface area contributed by atoms with Crippen molar-refractivity contribution in [2.45, 2.75) is 62.9 Å². The number of thiol groups is 1. The predicted octanol–water partition coefficient (Wildman–Crippen LogP) is 4.30. The van der Waals surface area contributed by atoms with Crippen LogP contribution in [0, 0.1) is 18.8 Å². The van der Waals surface area contributed by atoms with Crippen molar-refractivity contribution in [1.82, 2.24) is 24.8 Å². The minimum absolute atomic E-state index is 0.0672.